The molecule has 0 aromatic heterocycles. The molecular formula is C12H19BrN2O. The lowest BCUT2D eigenvalue weighted by molar-refractivity contribution is 0.112. The minimum Gasteiger partial charge on any atom is -0.380 e. The van der Waals surface area contributed by atoms with Crippen LogP contribution in [0.1, 0.15) is 18.9 Å². The summed E-state index contributed by atoms with van der Waals surface area (Å²) >= 11 is 3.45. The topological polar surface area (TPSA) is 47.3 Å². The van der Waals surface area contributed by atoms with Crippen molar-refractivity contribution in [2.45, 2.75) is 25.8 Å². The van der Waals surface area contributed by atoms with Gasteiger partial charge in [0.2, 0.25) is 0 Å². The van der Waals surface area contributed by atoms with E-state index in [-0.39, 0.29) is 6.04 Å². The molecule has 0 fully saturated rings. The third kappa shape index (κ3) is 5.07. The Morgan fingerprint density at radius 2 is 2.31 bits per heavy atom. The van der Waals surface area contributed by atoms with Gasteiger partial charge in [-0.15, -0.1) is 0 Å². The molecule has 1 atom stereocenters. The van der Waals surface area contributed by atoms with Gasteiger partial charge in [0, 0.05) is 17.1 Å². The number of nitrogens with one attached hydrogen (secondary N) is 1. The Labute approximate surface area is 105 Å². The maximum atomic E-state index is 5.50. The molecule has 0 aliphatic carbocycles. The van der Waals surface area contributed by atoms with Crippen LogP contribution in [-0.4, -0.2) is 19.3 Å². The van der Waals surface area contributed by atoms with E-state index >= 15 is 0 Å². The fraction of sp³-hybridized carbons (Fsp3) is 0.500. The highest BCUT2D eigenvalue weighted by Gasteiger charge is 2.07. The highest BCUT2D eigenvalue weighted by Crippen LogP contribution is 2.13. The molecule has 0 aliphatic heterocycles. The lowest BCUT2D eigenvalue weighted by atomic mass is 10.1. The Balaban J connectivity index is 2.43. The second kappa shape index (κ2) is 7.79. The first kappa shape index (κ1) is 13.6. The van der Waals surface area contributed by atoms with Crippen molar-refractivity contribution < 1.29 is 4.74 Å². The maximum Gasteiger partial charge on any atom is 0.0636 e. The molecule has 0 heterocycles. The van der Waals surface area contributed by atoms with E-state index in [1.165, 1.54) is 5.56 Å². The normalized spacial score (nSPS) is 12.7. The van der Waals surface area contributed by atoms with Crippen LogP contribution in [0.2, 0.25) is 0 Å². The number of hydrogen-bond acceptors (Lipinski definition) is 3. The van der Waals surface area contributed by atoms with Gasteiger partial charge < -0.3 is 4.74 Å². The molecule has 0 aliphatic rings. The molecule has 0 bridgehead atoms. The van der Waals surface area contributed by atoms with Crippen LogP contribution in [-0.2, 0) is 11.2 Å². The van der Waals surface area contributed by atoms with E-state index < -0.39 is 0 Å². The molecule has 90 valence electrons. The summed E-state index contributed by atoms with van der Waals surface area (Å²) in [6.45, 7) is 3.53. The lowest BCUT2D eigenvalue weighted by Gasteiger charge is -2.16. The summed E-state index contributed by atoms with van der Waals surface area (Å²) < 4.78 is 6.58. The zero-order valence-corrected chi connectivity index (χ0v) is 11.2. The van der Waals surface area contributed by atoms with Gasteiger partial charge in [0.1, 0.15) is 0 Å². The molecule has 1 unspecified atom stereocenters. The Hall–Kier alpha value is -0.420. The number of benzene rings is 1. The van der Waals surface area contributed by atoms with E-state index in [4.69, 9.17) is 10.6 Å². The molecule has 0 saturated heterocycles. The van der Waals surface area contributed by atoms with Crippen molar-refractivity contribution in [2.75, 3.05) is 13.2 Å². The highest BCUT2D eigenvalue weighted by atomic mass is 79.9. The Morgan fingerprint density at radius 1 is 1.50 bits per heavy atom. The molecule has 1 rings (SSSR count). The van der Waals surface area contributed by atoms with Crippen molar-refractivity contribution in [3.63, 3.8) is 0 Å². The molecule has 0 amide bonds. The fourth-order valence-corrected chi connectivity index (χ4v) is 1.93. The number of halogens is 1. The van der Waals surface area contributed by atoms with Crippen LogP contribution in [0, 0.1) is 0 Å². The smallest absolute Gasteiger partial charge is 0.0636 e. The first-order chi connectivity index (χ1) is 7.76. The molecule has 1 aromatic carbocycles. The number of rotatable bonds is 7. The third-order valence-corrected chi connectivity index (χ3v) is 2.77. The van der Waals surface area contributed by atoms with Crippen LogP contribution in [0.4, 0.5) is 0 Å². The average molecular weight is 287 g/mol. The molecule has 4 heteroatoms. The zero-order valence-electron chi connectivity index (χ0n) is 9.58. The van der Waals surface area contributed by atoms with Crippen LogP contribution in [0.15, 0.2) is 28.7 Å². The van der Waals surface area contributed by atoms with Crippen LogP contribution >= 0.6 is 15.9 Å². The van der Waals surface area contributed by atoms with Gasteiger partial charge >= 0.3 is 0 Å². The number of hydrogen-bond donors (Lipinski definition) is 2. The van der Waals surface area contributed by atoms with Gasteiger partial charge in [-0.05, 0) is 30.5 Å². The standard InChI is InChI=1S/C12H19BrN2O/c1-2-6-16-9-12(15-14)8-10-4-3-5-11(13)7-10/h3-5,7,12,15H,2,6,8-9,14H2,1H3. The van der Waals surface area contributed by atoms with Crippen molar-refractivity contribution in [3.8, 4) is 0 Å². The van der Waals surface area contributed by atoms with Gasteiger partial charge in [-0.1, -0.05) is 35.0 Å². The SMILES string of the molecule is CCCOCC(Cc1cccc(Br)c1)NN. The molecule has 0 radical (unpaired) electrons. The number of nitrogens with two attached hydrogens (primary N) is 1. The van der Waals surface area contributed by atoms with Crippen molar-refractivity contribution in [3.05, 3.63) is 34.3 Å². The highest BCUT2D eigenvalue weighted by molar-refractivity contribution is 9.10. The lowest BCUT2D eigenvalue weighted by Crippen LogP contribution is -2.40. The van der Waals surface area contributed by atoms with E-state index in [2.05, 4.69) is 40.4 Å². The minimum atomic E-state index is 0.167. The number of ether oxygens (including phenoxy) is 1. The van der Waals surface area contributed by atoms with Gasteiger partial charge in [-0.2, -0.15) is 0 Å². The molecule has 0 saturated carbocycles. The van der Waals surface area contributed by atoms with E-state index in [0.717, 1.165) is 23.9 Å². The van der Waals surface area contributed by atoms with Crippen LogP contribution < -0.4 is 11.3 Å². The summed E-state index contributed by atoms with van der Waals surface area (Å²) in [6.07, 6.45) is 1.91. The van der Waals surface area contributed by atoms with E-state index in [1.807, 2.05) is 12.1 Å². The molecular weight excluding hydrogens is 268 g/mol. The quantitative estimate of drug-likeness (QED) is 0.459. The summed E-state index contributed by atoms with van der Waals surface area (Å²) in [6, 6.07) is 8.40. The third-order valence-electron chi connectivity index (χ3n) is 2.27. The second-order valence-electron chi connectivity index (χ2n) is 3.77. The summed E-state index contributed by atoms with van der Waals surface area (Å²) in [7, 11) is 0. The minimum absolute atomic E-state index is 0.167. The van der Waals surface area contributed by atoms with Crippen LogP contribution in [0.25, 0.3) is 0 Å². The largest absolute Gasteiger partial charge is 0.380 e. The molecule has 3 N–H and O–H groups in total. The van der Waals surface area contributed by atoms with E-state index in [9.17, 15) is 0 Å². The first-order valence-corrected chi connectivity index (χ1v) is 6.34. The summed E-state index contributed by atoms with van der Waals surface area (Å²) in [4.78, 5) is 0. The van der Waals surface area contributed by atoms with Crippen LogP contribution in [0.5, 0.6) is 0 Å². The molecule has 0 spiro atoms. The van der Waals surface area contributed by atoms with E-state index in [1.54, 1.807) is 0 Å². The van der Waals surface area contributed by atoms with Gasteiger partial charge in [-0.25, -0.2) is 0 Å². The summed E-state index contributed by atoms with van der Waals surface area (Å²) in [5.41, 5.74) is 4.04. The molecule has 16 heavy (non-hydrogen) atoms. The Kier molecular flexibility index (Phi) is 6.64. The predicted molar refractivity (Wildman–Crippen MR) is 70.1 cm³/mol. The van der Waals surface area contributed by atoms with Gasteiger partial charge in [-0.3, -0.25) is 11.3 Å². The first-order valence-electron chi connectivity index (χ1n) is 5.54. The predicted octanol–water partition coefficient (Wildman–Crippen LogP) is 2.25. The van der Waals surface area contributed by atoms with Crippen molar-refractivity contribution in [1.29, 1.82) is 0 Å². The van der Waals surface area contributed by atoms with Gasteiger partial charge in [0.15, 0.2) is 0 Å². The molecule has 3 nitrogen and oxygen atoms in total. The maximum absolute atomic E-state index is 5.50. The Bertz CT molecular complexity index is 307. The second-order valence-corrected chi connectivity index (χ2v) is 4.69. The van der Waals surface area contributed by atoms with Crippen molar-refractivity contribution >= 4 is 15.9 Å². The van der Waals surface area contributed by atoms with Gasteiger partial charge in [0.05, 0.1) is 6.61 Å². The van der Waals surface area contributed by atoms with E-state index in [0.29, 0.717) is 6.61 Å². The fourth-order valence-electron chi connectivity index (χ4n) is 1.48. The monoisotopic (exact) mass is 286 g/mol. The van der Waals surface area contributed by atoms with Crippen molar-refractivity contribution in [2.24, 2.45) is 5.84 Å². The summed E-state index contributed by atoms with van der Waals surface area (Å²) in [5, 5.41) is 0. The number of hydrazine groups is 1. The zero-order chi connectivity index (χ0) is 11.8. The Morgan fingerprint density at radius 3 is 2.94 bits per heavy atom. The van der Waals surface area contributed by atoms with Crippen molar-refractivity contribution in [1.82, 2.24) is 5.43 Å². The van der Waals surface area contributed by atoms with Crippen LogP contribution in [0.3, 0.4) is 0 Å². The van der Waals surface area contributed by atoms with Gasteiger partial charge in [0.25, 0.3) is 0 Å². The molecule has 1 aromatic rings. The average Bonchev–Trinajstić information content (AvgIpc) is 2.28. The summed E-state index contributed by atoms with van der Waals surface area (Å²) in [5.74, 6) is 5.50.